The lowest BCUT2D eigenvalue weighted by molar-refractivity contribution is -0.127. The highest BCUT2D eigenvalue weighted by Gasteiger charge is 2.22. The number of aromatic nitrogens is 1. The lowest BCUT2D eigenvalue weighted by atomic mass is 10.2. The largest absolute Gasteiger partial charge is 0.493 e. The molecule has 10 nitrogen and oxygen atoms in total. The van der Waals surface area contributed by atoms with Crippen LogP contribution in [0.5, 0.6) is 11.5 Å². The number of methoxy groups -OCH3 is 1. The molecule has 162 valence electrons. The highest BCUT2D eigenvalue weighted by Crippen LogP contribution is 2.30. The SMILES string of the molecule is CCNC(=O)NC(=O)C(C)OC(=O)c1ccc(OCc2c(C)noc2C)c(OC)c1. The van der Waals surface area contributed by atoms with Crippen molar-refractivity contribution in [2.75, 3.05) is 13.7 Å². The van der Waals surface area contributed by atoms with Crippen molar-refractivity contribution in [3.8, 4) is 11.5 Å². The smallest absolute Gasteiger partial charge is 0.339 e. The summed E-state index contributed by atoms with van der Waals surface area (Å²) >= 11 is 0. The van der Waals surface area contributed by atoms with Gasteiger partial charge in [-0.2, -0.15) is 0 Å². The molecule has 0 fully saturated rings. The van der Waals surface area contributed by atoms with Crippen LogP contribution in [0.2, 0.25) is 0 Å². The second-order valence-corrected chi connectivity index (χ2v) is 6.35. The van der Waals surface area contributed by atoms with Crippen molar-refractivity contribution in [2.24, 2.45) is 0 Å². The second kappa shape index (κ2) is 10.3. The Balaban J connectivity index is 2.03. The number of aryl methyl sites for hydroxylation is 2. The number of imide groups is 1. The molecule has 0 aliphatic rings. The lowest BCUT2D eigenvalue weighted by Gasteiger charge is -2.15. The third kappa shape index (κ3) is 5.72. The van der Waals surface area contributed by atoms with Gasteiger partial charge in [0, 0.05) is 6.54 Å². The summed E-state index contributed by atoms with van der Waals surface area (Å²) < 4.78 is 21.3. The molecule has 2 N–H and O–H groups in total. The molecule has 30 heavy (non-hydrogen) atoms. The maximum Gasteiger partial charge on any atom is 0.339 e. The average molecular weight is 419 g/mol. The maximum absolute atomic E-state index is 12.4. The van der Waals surface area contributed by atoms with Gasteiger partial charge in [0.05, 0.1) is 23.9 Å². The van der Waals surface area contributed by atoms with Crippen LogP contribution in [-0.4, -0.2) is 42.8 Å². The first kappa shape index (κ1) is 22.7. The Kier molecular flexibility index (Phi) is 7.79. The number of carbonyl (C=O) groups is 3. The molecular formula is C20H25N3O7. The second-order valence-electron chi connectivity index (χ2n) is 6.35. The summed E-state index contributed by atoms with van der Waals surface area (Å²) in [6.45, 7) is 7.26. The summed E-state index contributed by atoms with van der Waals surface area (Å²) in [4.78, 5) is 35.7. The minimum Gasteiger partial charge on any atom is -0.493 e. The Morgan fingerprint density at radius 3 is 2.53 bits per heavy atom. The average Bonchev–Trinajstić information content (AvgIpc) is 3.03. The number of esters is 1. The molecule has 10 heteroatoms. The third-order valence-electron chi connectivity index (χ3n) is 4.18. The lowest BCUT2D eigenvalue weighted by Crippen LogP contribution is -2.44. The highest BCUT2D eigenvalue weighted by molar-refractivity contribution is 5.98. The van der Waals surface area contributed by atoms with E-state index in [-0.39, 0.29) is 12.2 Å². The Labute approximate surface area is 173 Å². The van der Waals surface area contributed by atoms with Crippen molar-refractivity contribution in [1.29, 1.82) is 0 Å². The summed E-state index contributed by atoms with van der Waals surface area (Å²) in [5.41, 5.74) is 1.72. The van der Waals surface area contributed by atoms with Gasteiger partial charge in [-0.1, -0.05) is 5.16 Å². The number of nitrogens with zero attached hydrogens (tertiary/aromatic N) is 1. The molecule has 0 spiro atoms. The fraction of sp³-hybridized carbons (Fsp3) is 0.400. The van der Waals surface area contributed by atoms with E-state index in [1.165, 1.54) is 26.2 Å². The van der Waals surface area contributed by atoms with Crippen molar-refractivity contribution in [1.82, 2.24) is 15.8 Å². The van der Waals surface area contributed by atoms with Gasteiger partial charge in [0.1, 0.15) is 12.4 Å². The Morgan fingerprint density at radius 2 is 1.93 bits per heavy atom. The van der Waals surface area contributed by atoms with Crippen molar-refractivity contribution in [3.63, 3.8) is 0 Å². The van der Waals surface area contributed by atoms with Crippen molar-refractivity contribution < 1.29 is 33.1 Å². The van der Waals surface area contributed by atoms with Crippen molar-refractivity contribution >= 4 is 17.9 Å². The number of hydrogen-bond acceptors (Lipinski definition) is 8. The minimum absolute atomic E-state index is 0.161. The van der Waals surface area contributed by atoms with Gasteiger partial charge in [-0.15, -0.1) is 0 Å². The van der Waals surface area contributed by atoms with Gasteiger partial charge < -0.3 is 24.1 Å². The van der Waals surface area contributed by atoms with E-state index in [9.17, 15) is 14.4 Å². The molecule has 0 bridgehead atoms. The predicted molar refractivity (Wildman–Crippen MR) is 105 cm³/mol. The standard InChI is InChI=1S/C20H25N3O7/c1-6-21-20(26)22-18(24)13(4)29-19(25)14-7-8-16(17(9-14)27-5)28-10-15-11(2)23-30-12(15)3/h7-9,13H,6,10H2,1-5H3,(H2,21,22,24,26). The zero-order valence-electron chi connectivity index (χ0n) is 17.5. The summed E-state index contributed by atoms with van der Waals surface area (Å²) in [5.74, 6) is -0.0944. The van der Waals surface area contributed by atoms with Crippen LogP contribution in [-0.2, 0) is 16.1 Å². The molecule has 0 saturated carbocycles. The molecule has 1 unspecified atom stereocenters. The highest BCUT2D eigenvalue weighted by atomic mass is 16.5. The molecule has 3 amide bonds. The molecule has 0 aliphatic carbocycles. The third-order valence-corrected chi connectivity index (χ3v) is 4.18. The molecule has 1 heterocycles. The summed E-state index contributed by atoms with van der Waals surface area (Å²) in [6, 6.07) is 3.83. The van der Waals surface area contributed by atoms with E-state index in [1.807, 2.05) is 6.92 Å². The summed E-state index contributed by atoms with van der Waals surface area (Å²) in [5, 5.41) is 8.37. The summed E-state index contributed by atoms with van der Waals surface area (Å²) in [6.07, 6.45) is -1.17. The Morgan fingerprint density at radius 1 is 1.20 bits per heavy atom. The number of carbonyl (C=O) groups excluding carboxylic acids is 3. The van der Waals surface area contributed by atoms with E-state index >= 15 is 0 Å². The number of hydrogen-bond donors (Lipinski definition) is 2. The van der Waals surface area contributed by atoms with Gasteiger partial charge in [0.15, 0.2) is 17.6 Å². The fourth-order valence-corrected chi connectivity index (χ4v) is 2.47. The van der Waals surface area contributed by atoms with Gasteiger partial charge in [-0.3, -0.25) is 10.1 Å². The molecule has 1 atom stereocenters. The molecule has 1 aromatic carbocycles. The van der Waals surface area contributed by atoms with Crippen LogP contribution < -0.4 is 20.1 Å². The molecule has 1 aromatic heterocycles. The van der Waals surface area contributed by atoms with Crippen LogP contribution in [0, 0.1) is 13.8 Å². The minimum atomic E-state index is -1.17. The topological polar surface area (TPSA) is 129 Å². The zero-order valence-corrected chi connectivity index (χ0v) is 17.5. The van der Waals surface area contributed by atoms with Crippen LogP contribution in [0.15, 0.2) is 22.7 Å². The van der Waals surface area contributed by atoms with E-state index in [4.69, 9.17) is 18.7 Å². The number of rotatable bonds is 8. The quantitative estimate of drug-likeness (QED) is 0.624. The number of ether oxygens (including phenoxy) is 3. The van der Waals surface area contributed by atoms with Crippen LogP contribution in [0.1, 0.15) is 41.2 Å². The van der Waals surface area contributed by atoms with Crippen LogP contribution >= 0.6 is 0 Å². The van der Waals surface area contributed by atoms with E-state index in [0.29, 0.717) is 23.8 Å². The van der Waals surface area contributed by atoms with Gasteiger partial charge in [0.2, 0.25) is 0 Å². The van der Waals surface area contributed by atoms with Crippen molar-refractivity contribution in [3.05, 3.63) is 40.8 Å². The first-order chi connectivity index (χ1) is 14.3. The first-order valence-corrected chi connectivity index (χ1v) is 9.29. The number of amides is 3. The van der Waals surface area contributed by atoms with Gasteiger partial charge in [-0.25, -0.2) is 9.59 Å². The van der Waals surface area contributed by atoms with Crippen LogP contribution in [0.25, 0.3) is 0 Å². The maximum atomic E-state index is 12.4. The van der Waals surface area contributed by atoms with E-state index in [2.05, 4.69) is 15.8 Å². The number of benzene rings is 1. The van der Waals surface area contributed by atoms with Gasteiger partial charge in [-0.05, 0) is 45.9 Å². The number of nitrogens with one attached hydrogen (secondary N) is 2. The number of urea groups is 1. The fourth-order valence-electron chi connectivity index (χ4n) is 2.47. The molecule has 0 aliphatic heterocycles. The van der Waals surface area contributed by atoms with E-state index in [1.54, 1.807) is 19.9 Å². The van der Waals surface area contributed by atoms with Crippen LogP contribution in [0.4, 0.5) is 4.79 Å². The zero-order chi connectivity index (χ0) is 22.3. The van der Waals surface area contributed by atoms with E-state index < -0.39 is 24.0 Å². The predicted octanol–water partition coefficient (Wildman–Crippen LogP) is 2.27. The Bertz CT molecular complexity index is 904. The van der Waals surface area contributed by atoms with Gasteiger partial charge >= 0.3 is 12.0 Å². The first-order valence-electron chi connectivity index (χ1n) is 9.29. The van der Waals surface area contributed by atoms with Crippen molar-refractivity contribution in [2.45, 2.75) is 40.4 Å². The monoisotopic (exact) mass is 419 g/mol. The van der Waals surface area contributed by atoms with Crippen LogP contribution in [0.3, 0.4) is 0 Å². The molecule has 0 radical (unpaired) electrons. The Hall–Kier alpha value is -3.56. The summed E-state index contributed by atoms with van der Waals surface area (Å²) in [7, 11) is 1.44. The molecule has 2 rings (SSSR count). The molecule has 0 saturated heterocycles. The van der Waals surface area contributed by atoms with Gasteiger partial charge in [0.25, 0.3) is 5.91 Å². The molecular weight excluding hydrogens is 394 g/mol. The van der Waals surface area contributed by atoms with E-state index in [0.717, 1.165) is 11.3 Å². The normalized spacial score (nSPS) is 11.4. The molecule has 2 aromatic rings.